The Hall–Kier alpha value is -3.09. The van der Waals surface area contributed by atoms with Crippen LogP contribution >= 0.6 is 0 Å². The molecule has 0 fully saturated rings. The van der Waals surface area contributed by atoms with Gasteiger partial charge in [-0.25, -0.2) is 4.52 Å². The van der Waals surface area contributed by atoms with E-state index in [1.807, 2.05) is 18.2 Å². The topological polar surface area (TPSA) is 78.0 Å². The number of nitrogens with zero attached hydrogens (tertiary/aromatic N) is 6. The predicted molar refractivity (Wildman–Crippen MR) is 75.9 cm³/mol. The number of hydrogen-bond acceptors (Lipinski definition) is 5. The Morgan fingerprint density at radius 1 is 1.10 bits per heavy atom. The molecule has 102 valence electrons. The highest BCUT2D eigenvalue weighted by Gasteiger charge is 2.09. The maximum absolute atomic E-state index is 12.5. The van der Waals surface area contributed by atoms with Crippen molar-refractivity contribution in [3.8, 4) is 0 Å². The number of fused-ring (bicyclic) bond motifs is 3. The lowest BCUT2D eigenvalue weighted by atomic mass is 10.3. The Morgan fingerprint density at radius 2 is 2.05 bits per heavy atom. The Labute approximate surface area is 118 Å². The number of aromatic nitrogens is 6. The highest BCUT2D eigenvalue weighted by Crippen LogP contribution is 2.08. The van der Waals surface area contributed by atoms with Crippen LogP contribution in [-0.4, -0.2) is 29.4 Å². The zero-order valence-electron chi connectivity index (χ0n) is 10.9. The first-order chi connectivity index (χ1) is 10.3. The molecular formula is C14H10N6O. The van der Waals surface area contributed by atoms with Gasteiger partial charge in [-0.05, 0) is 17.7 Å². The van der Waals surface area contributed by atoms with Crippen molar-refractivity contribution in [3.63, 3.8) is 0 Å². The van der Waals surface area contributed by atoms with Crippen molar-refractivity contribution in [1.82, 2.24) is 29.4 Å². The van der Waals surface area contributed by atoms with Crippen LogP contribution in [0, 0.1) is 0 Å². The van der Waals surface area contributed by atoms with Crippen molar-refractivity contribution in [2.45, 2.75) is 6.54 Å². The fraction of sp³-hybridized carbons (Fsp3) is 0.0714. The second-order valence-electron chi connectivity index (χ2n) is 4.65. The van der Waals surface area contributed by atoms with Crippen LogP contribution in [0.2, 0.25) is 0 Å². The molecule has 7 heteroatoms. The van der Waals surface area contributed by atoms with E-state index < -0.39 is 0 Å². The van der Waals surface area contributed by atoms with E-state index in [0.29, 0.717) is 23.2 Å². The van der Waals surface area contributed by atoms with Crippen molar-refractivity contribution in [2.75, 3.05) is 0 Å². The molecule has 4 aromatic heterocycles. The first-order valence-electron chi connectivity index (χ1n) is 6.41. The fourth-order valence-corrected chi connectivity index (χ4v) is 2.29. The van der Waals surface area contributed by atoms with Crippen molar-refractivity contribution >= 4 is 16.7 Å². The van der Waals surface area contributed by atoms with Crippen molar-refractivity contribution in [3.05, 3.63) is 65.0 Å². The van der Waals surface area contributed by atoms with E-state index in [0.717, 1.165) is 5.56 Å². The quantitative estimate of drug-likeness (QED) is 0.544. The molecule has 0 radical (unpaired) electrons. The average molecular weight is 278 g/mol. The number of rotatable bonds is 2. The van der Waals surface area contributed by atoms with Crippen LogP contribution in [0.25, 0.3) is 16.7 Å². The molecule has 4 heterocycles. The fourth-order valence-electron chi connectivity index (χ4n) is 2.29. The molecule has 0 aliphatic heterocycles. The molecule has 4 rings (SSSR count). The van der Waals surface area contributed by atoms with Crippen molar-refractivity contribution < 1.29 is 0 Å². The SMILES string of the molecule is O=c1c2nnc3ccnn3c2ccn1Cc1cccnc1. The maximum Gasteiger partial charge on any atom is 0.280 e. The van der Waals surface area contributed by atoms with Crippen LogP contribution < -0.4 is 5.56 Å². The summed E-state index contributed by atoms with van der Waals surface area (Å²) in [7, 11) is 0. The van der Waals surface area contributed by atoms with Gasteiger partial charge in [-0.15, -0.1) is 10.2 Å². The van der Waals surface area contributed by atoms with Gasteiger partial charge in [0.2, 0.25) is 0 Å². The van der Waals surface area contributed by atoms with Crippen LogP contribution in [-0.2, 0) is 6.54 Å². The third-order valence-corrected chi connectivity index (χ3v) is 3.30. The van der Waals surface area contributed by atoms with E-state index >= 15 is 0 Å². The van der Waals surface area contributed by atoms with Crippen LogP contribution in [0.4, 0.5) is 0 Å². The van der Waals surface area contributed by atoms with E-state index in [2.05, 4.69) is 20.3 Å². The molecule has 7 nitrogen and oxygen atoms in total. The van der Waals surface area contributed by atoms with Gasteiger partial charge in [0.05, 0.1) is 12.7 Å². The molecule has 4 aromatic rings. The first kappa shape index (κ1) is 11.7. The Bertz CT molecular complexity index is 989. The molecule has 0 bridgehead atoms. The molecule has 0 aliphatic rings. The van der Waals surface area contributed by atoms with Gasteiger partial charge in [-0.2, -0.15) is 5.10 Å². The van der Waals surface area contributed by atoms with Crippen LogP contribution in [0.5, 0.6) is 0 Å². The summed E-state index contributed by atoms with van der Waals surface area (Å²) in [5, 5.41) is 12.2. The summed E-state index contributed by atoms with van der Waals surface area (Å²) >= 11 is 0. The van der Waals surface area contributed by atoms with Gasteiger partial charge in [-0.3, -0.25) is 9.78 Å². The summed E-state index contributed by atoms with van der Waals surface area (Å²) < 4.78 is 3.20. The molecule has 0 amide bonds. The van der Waals surface area contributed by atoms with E-state index in [4.69, 9.17) is 0 Å². The highest BCUT2D eigenvalue weighted by molar-refractivity contribution is 5.74. The lowest BCUT2D eigenvalue weighted by Gasteiger charge is -2.07. The van der Waals surface area contributed by atoms with Crippen LogP contribution in [0.3, 0.4) is 0 Å². The Morgan fingerprint density at radius 3 is 2.90 bits per heavy atom. The van der Waals surface area contributed by atoms with Gasteiger partial charge in [0.15, 0.2) is 11.2 Å². The summed E-state index contributed by atoms with van der Waals surface area (Å²) in [6.45, 7) is 0.446. The zero-order chi connectivity index (χ0) is 14.2. The third kappa shape index (κ3) is 1.86. The van der Waals surface area contributed by atoms with Crippen molar-refractivity contribution in [1.29, 1.82) is 0 Å². The standard InChI is InChI=1S/C14H10N6O/c21-14-13-11(20-12(17-18-13)3-6-16-20)4-7-19(14)9-10-2-1-5-15-8-10/h1-8H,9H2. The molecule has 0 saturated carbocycles. The molecule has 0 saturated heterocycles. The maximum atomic E-state index is 12.5. The van der Waals surface area contributed by atoms with E-state index in [1.165, 1.54) is 0 Å². The largest absolute Gasteiger partial charge is 0.309 e. The molecule has 0 aliphatic carbocycles. The first-order valence-corrected chi connectivity index (χ1v) is 6.41. The molecular weight excluding hydrogens is 268 g/mol. The van der Waals surface area contributed by atoms with E-state index in [9.17, 15) is 4.79 Å². The van der Waals surface area contributed by atoms with Gasteiger partial charge in [0.1, 0.15) is 5.52 Å². The second kappa shape index (κ2) is 4.48. The normalized spacial score (nSPS) is 11.2. The second-order valence-corrected chi connectivity index (χ2v) is 4.65. The Balaban J connectivity index is 1.90. The van der Waals surface area contributed by atoms with Gasteiger partial charge in [0.25, 0.3) is 5.56 Å². The summed E-state index contributed by atoms with van der Waals surface area (Å²) in [4.78, 5) is 16.5. The minimum absolute atomic E-state index is 0.193. The minimum Gasteiger partial charge on any atom is -0.309 e. The lowest BCUT2D eigenvalue weighted by molar-refractivity contribution is 0.757. The summed E-state index contributed by atoms with van der Waals surface area (Å²) in [6, 6.07) is 7.33. The van der Waals surface area contributed by atoms with Gasteiger partial charge in [-0.1, -0.05) is 6.07 Å². The minimum atomic E-state index is -0.193. The average Bonchev–Trinajstić information content (AvgIpc) is 3.00. The van der Waals surface area contributed by atoms with E-state index in [1.54, 1.807) is 39.9 Å². The third-order valence-electron chi connectivity index (χ3n) is 3.30. The number of hydrogen-bond donors (Lipinski definition) is 0. The van der Waals surface area contributed by atoms with Gasteiger partial charge < -0.3 is 4.57 Å². The summed E-state index contributed by atoms with van der Waals surface area (Å²) in [5.74, 6) is 0. The molecule has 0 unspecified atom stereocenters. The van der Waals surface area contributed by atoms with Crippen LogP contribution in [0.15, 0.2) is 53.8 Å². The van der Waals surface area contributed by atoms with E-state index in [-0.39, 0.29) is 5.56 Å². The highest BCUT2D eigenvalue weighted by atomic mass is 16.1. The molecule has 21 heavy (non-hydrogen) atoms. The smallest absolute Gasteiger partial charge is 0.280 e. The summed E-state index contributed by atoms with van der Waals surface area (Å²) in [5.41, 5.74) is 2.33. The number of pyridine rings is 2. The van der Waals surface area contributed by atoms with Gasteiger partial charge >= 0.3 is 0 Å². The predicted octanol–water partition coefficient (Wildman–Crippen LogP) is 0.882. The molecule has 0 aromatic carbocycles. The summed E-state index contributed by atoms with van der Waals surface area (Å²) in [6.07, 6.45) is 6.80. The van der Waals surface area contributed by atoms with Gasteiger partial charge in [0, 0.05) is 24.7 Å². The zero-order valence-corrected chi connectivity index (χ0v) is 10.9. The molecule has 0 atom stereocenters. The van der Waals surface area contributed by atoms with Crippen molar-refractivity contribution in [2.24, 2.45) is 0 Å². The van der Waals surface area contributed by atoms with Crippen LogP contribution in [0.1, 0.15) is 5.56 Å². The molecule has 0 spiro atoms. The monoisotopic (exact) mass is 278 g/mol. The molecule has 0 N–H and O–H groups in total. The lowest BCUT2D eigenvalue weighted by Crippen LogP contribution is -2.22. The Kier molecular flexibility index (Phi) is 2.50.